The Morgan fingerprint density at radius 3 is 2.10 bits per heavy atom. The Morgan fingerprint density at radius 2 is 1.45 bits per heavy atom. The van der Waals surface area contributed by atoms with Crippen molar-refractivity contribution in [1.29, 1.82) is 0 Å². The Bertz CT molecular complexity index is 1600. The van der Waals surface area contributed by atoms with Crippen LogP contribution in [0.4, 0.5) is 11.4 Å². The van der Waals surface area contributed by atoms with Gasteiger partial charge < -0.3 is 10.1 Å². The summed E-state index contributed by atoms with van der Waals surface area (Å²) in [5, 5.41) is 18.3. The number of halogens is 1. The molecular formula is C29H21ClN4O6. The van der Waals surface area contributed by atoms with Gasteiger partial charge in [0.05, 0.1) is 16.7 Å². The molecule has 0 saturated heterocycles. The van der Waals surface area contributed by atoms with Crippen molar-refractivity contribution >= 4 is 47.0 Å². The zero-order chi connectivity index (χ0) is 28.6. The highest BCUT2D eigenvalue weighted by atomic mass is 35.5. The average molecular weight is 557 g/mol. The lowest BCUT2D eigenvalue weighted by atomic mass is 10.1. The summed E-state index contributed by atoms with van der Waals surface area (Å²) >= 11 is 5.85. The molecule has 4 rings (SSSR count). The Kier molecular flexibility index (Phi) is 8.62. The molecule has 0 atom stereocenters. The number of carbonyl (C=O) groups excluding carboxylic acids is 3. The van der Waals surface area contributed by atoms with Crippen molar-refractivity contribution in [1.82, 2.24) is 5.43 Å². The topological polar surface area (TPSA) is 140 Å². The quantitative estimate of drug-likeness (QED) is 0.0925. The van der Waals surface area contributed by atoms with E-state index in [0.717, 1.165) is 17.8 Å². The first kappa shape index (κ1) is 27.7. The molecule has 2 amide bonds. The third kappa shape index (κ3) is 7.15. The van der Waals surface area contributed by atoms with Crippen LogP contribution in [0.3, 0.4) is 0 Å². The number of hydrogen-bond donors (Lipinski definition) is 2. The largest absolute Gasteiger partial charge is 0.422 e. The minimum Gasteiger partial charge on any atom is -0.422 e. The number of nitro benzene ring substituents is 1. The van der Waals surface area contributed by atoms with Crippen LogP contribution in [0.25, 0.3) is 0 Å². The summed E-state index contributed by atoms with van der Waals surface area (Å²) in [6.07, 6.45) is 1.13. The molecule has 0 fully saturated rings. The molecule has 4 aromatic rings. The van der Waals surface area contributed by atoms with Gasteiger partial charge in [-0.05, 0) is 73.7 Å². The van der Waals surface area contributed by atoms with Gasteiger partial charge in [0.15, 0.2) is 0 Å². The number of esters is 1. The fourth-order valence-electron chi connectivity index (χ4n) is 3.43. The lowest BCUT2D eigenvalue weighted by Gasteiger charge is -2.08. The van der Waals surface area contributed by atoms with Crippen LogP contribution in [0, 0.1) is 17.0 Å². The predicted molar refractivity (Wildman–Crippen MR) is 150 cm³/mol. The zero-order valence-electron chi connectivity index (χ0n) is 21.0. The Morgan fingerprint density at radius 1 is 0.850 bits per heavy atom. The van der Waals surface area contributed by atoms with Gasteiger partial charge in [-0.2, -0.15) is 5.10 Å². The van der Waals surface area contributed by atoms with Crippen molar-refractivity contribution in [2.75, 3.05) is 5.32 Å². The lowest BCUT2D eigenvalue weighted by molar-refractivity contribution is -0.384. The molecule has 0 heterocycles. The van der Waals surface area contributed by atoms with Crippen molar-refractivity contribution < 1.29 is 24.0 Å². The minimum absolute atomic E-state index is 0.00257. The number of ether oxygens (including phenoxy) is 1. The fraction of sp³-hybridized carbons (Fsp3) is 0.0345. The van der Waals surface area contributed by atoms with E-state index >= 15 is 0 Å². The van der Waals surface area contributed by atoms with E-state index < -0.39 is 16.8 Å². The van der Waals surface area contributed by atoms with E-state index in [1.807, 2.05) is 19.1 Å². The number of non-ortho nitro benzene ring substituents is 1. The van der Waals surface area contributed by atoms with E-state index in [-0.39, 0.29) is 34.0 Å². The van der Waals surface area contributed by atoms with E-state index in [1.165, 1.54) is 48.5 Å². The number of amides is 2. The van der Waals surface area contributed by atoms with Gasteiger partial charge in [0.1, 0.15) is 5.75 Å². The predicted octanol–water partition coefficient (Wildman–Crippen LogP) is 5.79. The summed E-state index contributed by atoms with van der Waals surface area (Å²) < 4.78 is 5.39. The third-order valence-corrected chi connectivity index (χ3v) is 5.83. The Hall–Kier alpha value is -5.35. The fourth-order valence-corrected chi connectivity index (χ4v) is 3.55. The van der Waals surface area contributed by atoms with Crippen LogP contribution in [0.2, 0.25) is 5.02 Å². The number of aryl methyl sites for hydroxylation is 1. The van der Waals surface area contributed by atoms with Crippen LogP contribution in [0.5, 0.6) is 5.75 Å². The molecule has 40 heavy (non-hydrogen) atoms. The molecule has 0 aliphatic carbocycles. The Balaban J connectivity index is 1.42. The molecule has 0 bridgehead atoms. The third-order valence-electron chi connectivity index (χ3n) is 5.58. The Labute approximate surface area is 233 Å². The molecule has 0 aliphatic heterocycles. The number of nitrogens with zero attached hydrogens (tertiary/aromatic N) is 2. The molecule has 11 heteroatoms. The second-order valence-electron chi connectivity index (χ2n) is 8.47. The second-order valence-corrected chi connectivity index (χ2v) is 8.91. The summed E-state index contributed by atoms with van der Waals surface area (Å²) in [4.78, 5) is 48.1. The van der Waals surface area contributed by atoms with Gasteiger partial charge in [0.25, 0.3) is 17.5 Å². The number of nitro groups is 1. The standard InChI is InChI=1S/C29H21ClN4O6/c1-18-2-4-19(5-3-18)27(35)32-24-12-8-20(9-13-24)28(36)33-31-17-22-16-25(34(38)39)14-15-26(22)40-29(37)21-6-10-23(30)11-7-21/h2-17H,1H3,(H,32,35)(H,33,36)/b31-17+. The average Bonchev–Trinajstić information content (AvgIpc) is 2.94. The summed E-state index contributed by atoms with van der Waals surface area (Å²) in [6, 6.07) is 22.9. The van der Waals surface area contributed by atoms with Crippen LogP contribution >= 0.6 is 11.6 Å². The van der Waals surface area contributed by atoms with Crippen LogP contribution < -0.4 is 15.5 Å². The molecule has 0 aliphatic rings. The molecule has 2 N–H and O–H groups in total. The number of nitrogens with one attached hydrogen (secondary N) is 2. The van der Waals surface area contributed by atoms with Crippen molar-refractivity contribution in [2.45, 2.75) is 6.92 Å². The van der Waals surface area contributed by atoms with Gasteiger partial charge in [-0.15, -0.1) is 0 Å². The molecule has 0 unspecified atom stereocenters. The van der Waals surface area contributed by atoms with Gasteiger partial charge in [0.2, 0.25) is 0 Å². The maximum absolute atomic E-state index is 12.6. The first-order valence-corrected chi connectivity index (χ1v) is 12.1. The van der Waals surface area contributed by atoms with Gasteiger partial charge in [-0.1, -0.05) is 29.3 Å². The van der Waals surface area contributed by atoms with E-state index in [1.54, 1.807) is 24.3 Å². The number of rotatable bonds is 8. The minimum atomic E-state index is -0.709. The summed E-state index contributed by atoms with van der Waals surface area (Å²) in [7, 11) is 0. The number of benzene rings is 4. The molecule has 0 saturated carbocycles. The second kappa shape index (κ2) is 12.5. The van der Waals surface area contributed by atoms with Crippen molar-refractivity contribution in [3.63, 3.8) is 0 Å². The van der Waals surface area contributed by atoms with Gasteiger partial charge in [-0.3, -0.25) is 19.7 Å². The zero-order valence-corrected chi connectivity index (χ0v) is 21.7. The van der Waals surface area contributed by atoms with Crippen LogP contribution in [-0.2, 0) is 0 Å². The van der Waals surface area contributed by atoms with Gasteiger partial charge in [0, 0.05) is 39.5 Å². The highest BCUT2D eigenvalue weighted by Crippen LogP contribution is 2.24. The van der Waals surface area contributed by atoms with Crippen molar-refractivity contribution in [2.24, 2.45) is 5.10 Å². The summed E-state index contributed by atoms with van der Waals surface area (Å²) in [6.45, 7) is 1.93. The molecular weight excluding hydrogens is 536 g/mol. The first-order chi connectivity index (χ1) is 19.2. The van der Waals surface area contributed by atoms with Gasteiger partial charge >= 0.3 is 5.97 Å². The van der Waals surface area contributed by atoms with Crippen LogP contribution in [0.1, 0.15) is 42.2 Å². The van der Waals surface area contributed by atoms with Crippen LogP contribution in [-0.4, -0.2) is 28.9 Å². The smallest absolute Gasteiger partial charge is 0.343 e. The van der Waals surface area contributed by atoms with Crippen molar-refractivity contribution in [3.8, 4) is 5.75 Å². The lowest BCUT2D eigenvalue weighted by Crippen LogP contribution is -2.18. The van der Waals surface area contributed by atoms with E-state index in [4.69, 9.17) is 16.3 Å². The van der Waals surface area contributed by atoms with Crippen molar-refractivity contribution in [3.05, 3.63) is 134 Å². The monoisotopic (exact) mass is 556 g/mol. The summed E-state index contributed by atoms with van der Waals surface area (Å²) in [5.41, 5.74) is 4.65. The highest BCUT2D eigenvalue weighted by molar-refractivity contribution is 6.30. The van der Waals surface area contributed by atoms with Gasteiger partial charge in [-0.25, -0.2) is 10.2 Å². The number of anilines is 1. The molecule has 200 valence electrons. The number of hydrazone groups is 1. The highest BCUT2D eigenvalue weighted by Gasteiger charge is 2.15. The van der Waals surface area contributed by atoms with Crippen LogP contribution in [0.15, 0.2) is 96.1 Å². The number of carbonyl (C=O) groups is 3. The SMILES string of the molecule is Cc1ccc(C(=O)Nc2ccc(C(=O)N/N=C/c3cc([N+](=O)[O-])ccc3OC(=O)c3ccc(Cl)cc3)cc2)cc1. The number of hydrogen-bond acceptors (Lipinski definition) is 7. The molecule has 4 aromatic carbocycles. The maximum atomic E-state index is 12.6. The maximum Gasteiger partial charge on any atom is 0.343 e. The van der Waals surface area contributed by atoms with E-state index in [0.29, 0.717) is 16.3 Å². The normalized spacial score (nSPS) is 10.7. The molecule has 0 aromatic heterocycles. The molecule has 0 radical (unpaired) electrons. The molecule has 0 spiro atoms. The summed E-state index contributed by atoms with van der Waals surface area (Å²) in [5.74, 6) is -1.57. The first-order valence-electron chi connectivity index (χ1n) is 11.8. The van der Waals surface area contributed by atoms with E-state index in [2.05, 4.69) is 15.8 Å². The molecule has 10 nitrogen and oxygen atoms in total. The van der Waals surface area contributed by atoms with E-state index in [9.17, 15) is 24.5 Å².